The topological polar surface area (TPSA) is 59.9 Å². The molecule has 2 aromatic rings. The number of carbonyl (C=O) groups is 1. The van der Waals surface area contributed by atoms with Crippen molar-refractivity contribution in [3.63, 3.8) is 0 Å². The molecule has 1 aliphatic heterocycles. The maximum Gasteiger partial charge on any atom is 0.240 e. The van der Waals surface area contributed by atoms with Crippen molar-refractivity contribution in [1.29, 1.82) is 0 Å². The van der Waals surface area contributed by atoms with Crippen molar-refractivity contribution in [2.24, 2.45) is 5.10 Å². The number of rotatable bonds is 6. The minimum absolute atomic E-state index is 0.119. The highest BCUT2D eigenvalue weighted by Gasteiger charge is 2.15. The number of carbonyl (C=O) groups excluding carboxylic acids is 1. The van der Waals surface area contributed by atoms with Crippen LogP contribution in [0.4, 0.5) is 0 Å². The van der Waals surface area contributed by atoms with Crippen LogP contribution < -0.4 is 14.9 Å². The van der Waals surface area contributed by atoms with Crippen molar-refractivity contribution in [2.75, 3.05) is 12.5 Å². The number of hydrazone groups is 1. The fourth-order valence-electron chi connectivity index (χ4n) is 2.04. The van der Waals surface area contributed by atoms with Gasteiger partial charge in [0.25, 0.3) is 0 Å². The van der Waals surface area contributed by atoms with E-state index in [2.05, 4.69) is 26.5 Å². The smallest absolute Gasteiger partial charge is 0.240 e. The summed E-state index contributed by atoms with van der Waals surface area (Å²) in [6.45, 7) is 0.220. The molecule has 5 nitrogen and oxygen atoms in total. The normalized spacial score (nSPS) is 12.5. The number of ether oxygens (including phenoxy) is 2. The lowest BCUT2D eigenvalue weighted by Crippen LogP contribution is -2.17. The van der Waals surface area contributed by atoms with Gasteiger partial charge in [-0.15, -0.1) is 11.8 Å². The standard InChI is InChI=1S/C17H15BrN2O3S/c18-14-9-16-15(22-11-23-16)8-12(14)10-19-20-17(21)6-7-24-13-4-2-1-3-5-13/h1-5,8-10H,6-7,11H2,(H,20,21)/b19-10+. The van der Waals surface area contributed by atoms with Gasteiger partial charge in [0.2, 0.25) is 12.7 Å². The first kappa shape index (κ1) is 16.9. The second-order valence-corrected chi connectivity index (χ2v) is 6.95. The zero-order valence-electron chi connectivity index (χ0n) is 12.7. The SMILES string of the molecule is O=C(CCSc1ccccc1)N/N=C/c1cc2c(cc1Br)OCO2. The maximum atomic E-state index is 11.8. The van der Waals surface area contributed by atoms with Crippen LogP contribution in [0.1, 0.15) is 12.0 Å². The van der Waals surface area contributed by atoms with Gasteiger partial charge in [0, 0.05) is 27.1 Å². The van der Waals surface area contributed by atoms with E-state index in [-0.39, 0.29) is 12.7 Å². The number of benzene rings is 2. The zero-order chi connectivity index (χ0) is 16.8. The molecule has 0 unspecified atom stereocenters. The molecule has 2 aromatic carbocycles. The van der Waals surface area contributed by atoms with E-state index in [1.165, 1.54) is 0 Å². The minimum atomic E-state index is -0.119. The fourth-order valence-corrected chi connectivity index (χ4v) is 3.34. The third-order valence-electron chi connectivity index (χ3n) is 3.23. The molecule has 124 valence electrons. The molecule has 0 fully saturated rings. The molecule has 0 aromatic heterocycles. The predicted molar refractivity (Wildman–Crippen MR) is 97.8 cm³/mol. The van der Waals surface area contributed by atoms with Crippen molar-refractivity contribution in [3.05, 3.63) is 52.5 Å². The Morgan fingerprint density at radius 2 is 2.00 bits per heavy atom. The van der Waals surface area contributed by atoms with Crippen LogP contribution in [0, 0.1) is 0 Å². The van der Waals surface area contributed by atoms with Crippen molar-refractivity contribution in [1.82, 2.24) is 5.43 Å². The monoisotopic (exact) mass is 406 g/mol. The summed E-state index contributed by atoms with van der Waals surface area (Å²) in [5.74, 6) is 1.96. The quantitative estimate of drug-likeness (QED) is 0.450. The van der Waals surface area contributed by atoms with Gasteiger partial charge >= 0.3 is 0 Å². The summed E-state index contributed by atoms with van der Waals surface area (Å²) in [4.78, 5) is 13.0. The molecule has 1 aliphatic rings. The molecular formula is C17H15BrN2O3S. The molecule has 0 aliphatic carbocycles. The second kappa shape index (κ2) is 8.21. The minimum Gasteiger partial charge on any atom is -0.454 e. The number of amides is 1. The first-order valence-corrected chi connectivity index (χ1v) is 9.09. The summed E-state index contributed by atoms with van der Waals surface area (Å²) >= 11 is 5.09. The van der Waals surface area contributed by atoms with Crippen molar-refractivity contribution in [3.8, 4) is 11.5 Å². The molecule has 0 atom stereocenters. The average molecular weight is 407 g/mol. The summed E-state index contributed by atoms with van der Waals surface area (Å²) in [6.07, 6.45) is 1.98. The summed E-state index contributed by atoms with van der Waals surface area (Å²) in [6, 6.07) is 13.6. The third kappa shape index (κ3) is 4.52. The van der Waals surface area contributed by atoms with Gasteiger partial charge in [-0.1, -0.05) is 18.2 Å². The molecule has 1 heterocycles. The summed E-state index contributed by atoms with van der Waals surface area (Å²) in [5.41, 5.74) is 3.34. The Kier molecular flexibility index (Phi) is 5.77. The van der Waals surface area contributed by atoms with Gasteiger partial charge in [-0.2, -0.15) is 5.10 Å². The molecule has 3 rings (SSSR count). The lowest BCUT2D eigenvalue weighted by molar-refractivity contribution is -0.120. The van der Waals surface area contributed by atoms with Gasteiger partial charge in [-0.25, -0.2) is 5.43 Å². The van der Waals surface area contributed by atoms with E-state index >= 15 is 0 Å². The third-order valence-corrected chi connectivity index (χ3v) is 4.93. The lowest BCUT2D eigenvalue weighted by atomic mass is 10.2. The van der Waals surface area contributed by atoms with Crippen molar-refractivity contribution >= 4 is 39.8 Å². The van der Waals surface area contributed by atoms with E-state index in [1.807, 2.05) is 42.5 Å². The average Bonchev–Trinajstić information content (AvgIpc) is 3.03. The Bertz CT molecular complexity index is 753. The van der Waals surface area contributed by atoms with Crippen LogP contribution in [0.5, 0.6) is 11.5 Å². The van der Waals surface area contributed by atoms with E-state index in [9.17, 15) is 4.79 Å². The van der Waals surface area contributed by atoms with Crippen LogP contribution in [0.15, 0.2) is 56.9 Å². The Morgan fingerprint density at radius 1 is 1.25 bits per heavy atom. The van der Waals surface area contributed by atoms with Gasteiger partial charge in [0.05, 0.1) is 6.21 Å². The highest BCUT2D eigenvalue weighted by molar-refractivity contribution is 9.10. The van der Waals surface area contributed by atoms with Gasteiger partial charge in [-0.3, -0.25) is 4.79 Å². The number of halogens is 1. The molecule has 1 N–H and O–H groups in total. The van der Waals surface area contributed by atoms with Crippen LogP contribution in [-0.4, -0.2) is 24.7 Å². The molecule has 0 spiro atoms. The Labute approximate surface area is 152 Å². The van der Waals surface area contributed by atoms with Gasteiger partial charge in [-0.05, 0) is 40.2 Å². The molecule has 7 heteroatoms. The molecule has 0 bridgehead atoms. The van der Waals surface area contributed by atoms with Crippen LogP contribution in [0.2, 0.25) is 0 Å². The molecule has 0 radical (unpaired) electrons. The van der Waals surface area contributed by atoms with E-state index in [1.54, 1.807) is 18.0 Å². The Hall–Kier alpha value is -1.99. The highest BCUT2D eigenvalue weighted by atomic mass is 79.9. The van der Waals surface area contributed by atoms with E-state index in [0.717, 1.165) is 14.9 Å². The molecular weight excluding hydrogens is 392 g/mol. The zero-order valence-corrected chi connectivity index (χ0v) is 15.1. The summed E-state index contributed by atoms with van der Waals surface area (Å²) in [5, 5.41) is 3.99. The number of thioether (sulfide) groups is 1. The van der Waals surface area contributed by atoms with Crippen LogP contribution in [0.25, 0.3) is 0 Å². The molecule has 1 amide bonds. The van der Waals surface area contributed by atoms with Gasteiger partial charge < -0.3 is 9.47 Å². The fraction of sp³-hybridized carbons (Fsp3) is 0.176. The van der Waals surface area contributed by atoms with Crippen LogP contribution in [0.3, 0.4) is 0 Å². The first-order valence-electron chi connectivity index (χ1n) is 7.31. The number of nitrogens with zero attached hydrogens (tertiary/aromatic N) is 1. The number of hydrogen-bond acceptors (Lipinski definition) is 5. The van der Waals surface area contributed by atoms with E-state index < -0.39 is 0 Å². The largest absolute Gasteiger partial charge is 0.454 e. The highest BCUT2D eigenvalue weighted by Crippen LogP contribution is 2.36. The second-order valence-electron chi connectivity index (χ2n) is 4.93. The summed E-state index contributed by atoms with van der Waals surface area (Å²) in [7, 11) is 0. The van der Waals surface area contributed by atoms with Gasteiger partial charge in [0.15, 0.2) is 11.5 Å². The van der Waals surface area contributed by atoms with Crippen molar-refractivity contribution in [2.45, 2.75) is 11.3 Å². The van der Waals surface area contributed by atoms with Crippen LogP contribution >= 0.6 is 27.7 Å². The van der Waals surface area contributed by atoms with Crippen LogP contribution in [-0.2, 0) is 4.79 Å². The van der Waals surface area contributed by atoms with E-state index in [4.69, 9.17) is 9.47 Å². The summed E-state index contributed by atoms with van der Waals surface area (Å²) < 4.78 is 11.4. The molecule has 0 saturated carbocycles. The first-order chi connectivity index (χ1) is 11.7. The number of fused-ring (bicyclic) bond motifs is 1. The van der Waals surface area contributed by atoms with Crippen molar-refractivity contribution < 1.29 is 14.3 Å². The molecule has 0 saturated heterocycles. The predicted octanol–water partition coefficient (Wildman–Crippen LogP) is 3.81. The Balaban J connectivity index is 1.47. The van der Waals surface area contributed by atoms with Gasteiger partial charge in [0.1, 0.15) is 0 Å². The Morgan fingerprint density at radius 3 is 2.79 bits per heavy atom. The van der Waals surface area contributed by atoms with E-state index in [0.29, 0.717) is 23.7 Å². The number of nitrogens with one attached hydrogen (secondary N) is 1. The lowest BCUT2D eigenvalue weighted by Gasteiger charge is -2.03. The number of hydrogen-bond donors (Lipinski definition) is 1. The maximum absolute atomic E-state index is 11.8. The molecule has 24 heavy (non-hydrogen) atoms.